The van der Waals surface area contributed by atoms with E-state index in [4.69, 9.17) is 9.47 Å². The van der Waals surface area contributed by atoms with Crippen LogP contribution in [0.25, 0.3) is 0 Å². The van der Waals surface area contributed by atoms with Crippen molar-refractivity contribution < 1.29 is 23.5 Å². The van der Waals surface area contributed by atoms with Crippen LogP contribution in [-0.2, 0) is 19.1 Å². The Labute approximate surface area is 190 Å². The number of nitrogens with one attached hydrogen (secondary N) is 1. The molecule has 7 nitrogen and oxygen atoms in total. The number of rotatable bonds is 7. The number of methoxy groups -OCH3 is 1. The average molecular weight is 460 g/mol. The fourth-order valence-corrected chi connectivity index (χ4v) is 5.10. The van der Waals surface area contributed by atoms with E-state index in [0.717, 1.165) is 19.4 Å². The third kappa shape index (κ3) is 4.45. The summed E-state index contributed by atoms with van der Waals surface area (Å²) < 4.78 is 25.5. The Morgan fingerprint density at radius 3 is 2.88 bits per heavy atom. The minimum absolute atomic E-state index is 0.0464. The zero-order valence-electron chi connectivity index (χ0n) is 18.1. The third-order valence-electron chi connectivity index (χ3n) is 5.72. The number of hydrogen-bond donors (Lipinski definition) is 1. The molecule has 3 aliphatic rings. The lowest BCUT2D eigenvalue weighted by Crippen LogP contribution is -2.39. The van der Waals surface area contributed by atoms with E-state index >= 15 is 0 Å². The maximum Gasteiger partial charge on any atom is 0.338 e. The van der Waals surface area contributed by atoms with Crippen molar-refractivity contribution in [1.82, 2.24) is 10.2 Å². The van der Waals surface area contributed by atoms with Gasteiger partial charge in [0.1, 0.15) is 5.82 Å². The minimum atomic E-state index is -0.765. The van der Waals surface area contributed by atoms with Gasteiger partial charge in [-0.2, -0.15) is 0 Å². The van der Waals surface area contributed by atoms with E-state index in [0.29, 0.717) is 35.1 Å². The Bertz CT molecular complexity index is 1000. The maximum absolute atomic E-state index is 14.9. The number of halogens is 1. The highest BCUT2D eigenvalue weighted by atomic mass is 32.2. The Kier molecular flexibility index (Phi) is 6.95. The lowest BCUT2D eigenvalue weighted by Gasteiger charge is -2.36. The van der Waals surface area contributed by atoms with Gasteiger partial charge >= 0.3 is 5.97 Å². The van der Waals surface area contributed by atoms with Gasteiger partial charge in [-0.1, -0.05) is 36.9 Å². The molecule has 0 bridgehead atoms. The maximum atomic E-state index is 14.9. The molecule has 0 aromatic heterocycles. The summed E-state index contributed by atoms with van der Waals surface area (Å²) in [5.74, 6) is -1.16. The zero-order chi connectivity index (χ0) is 22.7. The molecule has 1 N–H and O–H groups in total. The number of ether oxygens (including phenoxy) is 2. The SMILES string of the molecule is CCC1=C(C(=O)OC)[C@@H](c2ccccc2F)N2C(CC(=O)NC[C@H]3CCCO3)=CSC2=N1. The molecule has 170 valence electrons. The smallest absolute Gasteiger partial charge is 0.338 e. The van der Waals surface area contributed by atoms with Gasteiger partial charge in [0.05, 0.1) is 36.9 Å². The molecule has 3 aliphatic heterocycles. The topological polar surface area (TPSA) is 80.2 Å². The normalized spacial score (nSPS) is 22.4. The molecular formula is C23H26FN3O4S. The first-order valence-corrected chi connectivity index (χ1v) is 11.6. The molecule has 32 heavy (non-hydrogen) atoms. The zero-order valence-corrected chi connectivity index (χ0v) is 18.9. The molecule has 0 saturated carbocycles. The second kappa shape index (κ2) is 9.87. The van der Waals surface area contributed by atoms with Crippen LogP contribution in [0.3, 0.4) is 0 Å². The van der Waals surface area contributed by atoms with Crippen LogP contribution in [0, 0.1) is 5.82 Å². The van der Waals surface area contributed by atoms with Gasteiger partial charge < -0.3 is 19.7 Å². The summed E-state index contributed by atoms with van der Waals surface area (Å²) in [6, 6.07) is 5.58. The number of aliphatic imine (C=N–C) groups is 1. The van der Waals surface area contributed by atoms with Gasteiger partial charge in [0.2, 0.25) is 5.91 Å². The number of carbonyl (C=O) groups excluding carboxylic acids is 2. The number of amides is 1. The highest BCUT2D eigenvalue weighted by molar-refractivity contribution is 8.16. The first kappa shape index (κ1) is 22.5. The van der Waals surface area contributed by atoms with Crippen LogP contribution in [0.4, 0.5) is 4.39 Å². The number of fused-ring (bicyclic) bond motifs is 1. The number of esters is 1. The molecule has 0 unspecified atom stereocenters. The summed E-state index contributed by atoms with van der Waals surface area (Å²) >= 11 is 1.37. The lowest BCUT2D eigenvalue weighted by molar-refractivity contribution is -0.136. The first-order valence-electron chi connectivity index (χ1n) is 10.7. The van der Waals surface area contributed by atoms with E-state index in [1.807, 2.05) is 12.3 Å². The summed E-state index contributed by atoms with van der Waals surface area (Å²) in [7, 11) is 1.30. The largest absolute Gasteiger partial charge is 0.466 e. The van der Waals surface area contributed by atoms with E-state index in [1.54, 1.807) is 23.1 Å². The Morgan fingerprint density at radius 2 is 2.19 bits per heavy atom. The summed E-state index contributed by atoms with van der Waals surface area (Å²) in [5.41, 5.74) is 1.83. The third-order valence-corrected chi connectivity index (χ3v) is 6.61. The van der Waals surface area contributed by atoms with Gasteiger partial charge in [0.15, 0.2) is 5.17 Å². The van der Waals surface area contributed by atoms with Crippen LogP contribution < -0.4 is 5.32 Å². The molecule has 0 aliphatic carbocycles. The second-order valence-electron chi connectivity index (χ2n) is 7.74. The molecule has 1 amide bonds. The van der Waals surface area contributed by atoms with Crippen molar-refractivity contribution in [3.05, 3.63) is 58.0 Å². The predicted octanol–water partition coefficient (Wildman–Crippen LogP) is 3.65. The second-order valence-corrected chi connectivity index (χ2v) is 8.57. The number of allylic oxidation sites excluding steroid dienone is 1. The van der Waals surface area contributed by atoms with Crippen molar-refractivity contribution >= 4 is 28.8 Å². The number of nitrogens with zero attached hydrogens (tertiary/aromatic N) is 2. The van der Waals surface area contributed by atoms with Crippen LogP contribution >= 0.6 is 11.8 Å². The standard InChI is InChI=1S/C23H26FN3O4S/c1-3-18-20(22(29)30-2)21(16-8-4-5-9-17(16)24)27-14(13-32-23(27)26-18)11-19(28)25-12-15-7-6-10-31-15/h4-5,8-9,13,15,21H,3,6-7,10-12H2,1-2H3,(H,25,28)/t15-,21-/m1/s1. The quantitative estimate of drug-likeness (QED) is 0.627. The number of amidine groups is 1. The van der Waals surface area contributed by atoms with Crippen molar-refractivity contribution in [3.8, 4) is 0 Å². The van der Waals surface area contributed by atoms with Crippen LogP contribution in [0.5, 0.6) is 0 Å². The Hall–Kier alpha value is -2.65. The summed E-state index contributed by atoms with van der Waals surface area (Å²) in [5, 5.41) is 5.37. The van der Waals surface area contributed by atoms with Crippen LogP contribution in [0.1, 0.15) is 44.2 Å². The lowest BCUT2D eigenvalue weighted by atomic mass is 9.92. The van der Waals surface area contributed by atoms with Crippen molar-refractivity contribution in [2.75, 3.05) is 20.3 Å². The molecule has 1 aromatic carbocycles. The molecule has 1 saturated heterocycles. The number of hydrogen-bond acceptors (Lipinski definition) is 7. The van der Waals surface area contributed by atoms with Gasteiger partial charge in [0.25, 0.3) is 0 Å². The fraction of sp³-hybridized carbons (Fsp3) is 0.435. The van der Waals surface area contributed by atoms with E-state index in [1.165, 1.54) is 24.9 Å². The van der Waals surface area contributed by atoms with Gasteiger partial charge in [-0.25, -0.2) is 14.2 Å². The highest BCUT2D eigenvalue weighted by Gasteiger charge is 2.42. The fourth-order valence-electron chi connectivity index (χ4n) is 4.16. The van der Waals surface area contributed by atoms with Crippen molar-refractivity contribution in [3.63, 3.8) is 0 Å². The molecule has 0 radical (unpaired) electrons. The monoisotopic (exact) mass is 459 g/mol. The van der Waals surface area contributed by atoms with Crippen molar-refractivity contribution in [2.45, 2.75) is 44.8 Å². The van der Waals surface area contributed by atoms with Gasteiger partial charge in [-0.15, -0.1) is 0 Å². The summed E-state index contributed by atoms with van der Waals surface area (Å²) in [4.78, 5) is 31.9. The number of thioether (sulfide) groups is 1. The molecule has 1 fully saturated rings. The van der Waals surface area contributed by atoms with E-state index in [-0.39, 0.29) is 24.0 Å². The van der Waals surface area contributed by atoms with Crippen molar-refractivity contribution in [1.29, 1.82) is 0 Å². The van der Waals surface area contributed by atoms with Crippen LogP contribution in [-0.4, -0.2) is 48.3 Å². The summed E-state index contributed by atoms with van der Waals surface area (Å²) in [6.07, 6.45) is 2.56. The van der Waals surface area contributed by atoms with Crippen LogP contribution in [0.15, 0.2) is 51.6 Å². The molecule has 1 aromatic rings. The molecule has 3 heterocycles. The molecular weight excluding hydrogens is 433 g/mol. The van der Waals surface area contributed by atoms with Crippen molar-refractivity contribution in [2.24, 2.45) is 4.99 Å². The van der Waals surface area contributed by atoms with Gasteiger partial charge in [0, 0.05) is 24.4 Å². The Morgan fingerprint density at radius 1 is 1.38 bits per heavy atom. The summed E-state index contributed by atoms with van der Waals surface area (Å²) in [6.45, 7) is 3.08. The molecule has 4 rings (SSSR count). The molecule has 0 spiro atoms. The molecule has 2 atom stereocenters. The molecule has 9 heteroatoms. The first-order chi connectivity index (χ1) is 15.5. The van der Waals surface area contributed by atoms with E-state index in [2.05, 4.69) is 10.3 Å². The number of benzene rings is 1. The van der Waals surface area contributed by atoms with Crippen LogP contribution in [0.2, 0.25) is 0 Å². The van der Waals surface area contributed by atoms with Gasteiger partial charge in [-0.05, 0) is 30.7 Å². The van der Waals surface area contributed by atoms with E-state index < -0.39 is 17.8 Å². The predicted molar refractivity (Wildman–Crippen MR) is 120 cm³/mol. The minimum Gasteiger partial charge on any atom is -0.466 e. The highest BCUT2D eigenvalue weighted by Crippen LogP contribution is 2.45. The number of carbonyl (C=O) groups is 2. The van der Waals surface area contributed by atoms with E-state index in [9.17, 15) is 14.0 Å². The average Bonchev–Trinajstić information content (AvgIpc) is 3.46. The van der Waals surface area contributed by atoms with Gasteiger partial charge in [-0.3, -0.25) is 4.79 Å². The Balaban J connectivity index is 1.64.